The zero-order valence-electron chi connectivity index (χ0n) is 11.8. The summed E-state index contributed by atoms with van der Waals surface area (Å²) in [5.41, 5.74) is 6.70. The highest BCUT2D eigenvalue weighted by Gasteiger charge is 2.25. The van der Waals surface area contributed by atoms with Gasteiger partial charge in [-0.2, -0.15) is 5.26 Å². The lowest BCUT2D eigenvalue weighted by Gasteiger charge is -2.33. The average Bonchev–Trinajstić information content (AvgIpc) is 2.77. The number of nitrogens with two attached hydrogens (primary N) is 1. The van der Waals surface area contributed by atoms with E-state index < -0.39 is 0 Å². The maximum atomic E-state index is 12.0. The van der Waals surface area contributed by atoms with Crippen molar-refractivity contribution in [3.8, 4) is 6.07 Å². The van der Waals surface area contributed by atoms with E-state index >= 15 is 0 Å². The van der Waals surface area contributed by atoms with Gasteiger partial charge < -0.3 is 20.9 Å². The molecule has 0 saturated carbocycles. The number of likely N-dealkylation sites (N-methyl/N-ethyl adjacent to an activating group) is 1. The standard InChI is InChI=1S/C13H19N5OS/c1-3-16-12(19)11-10(15)9(8-14)13(20-11)18-6-4-17(2)5-7-18/h3-7,15H2,1-2H3,(H,16,19). The van der Waals surface area contributed by atoms with Crippen LogP contribution in [0.4, 0.5) is 10.7 Å². The molecule has 7 heteroatoms. The molecule has 2 rings (SSSR count). The van der Waals surface area contributed by atoms with Gasteiger partial charge in [-0.05, 0) is 14.0 Å². The van der Waals surface area contributed by atoms with Gasteiger partial charge in [0.1, 0.15) is 21.5 Å². The summed E-state index contributed by atoms with van der Waals surface area (Å²) in [6, 6.07) is 2.14. The van der Waals surface area contributed by atoms with Crippen LogP contribution in [0.3, 0.4) is 0 Å². The van der Waals surface area contributed by atoms with E-state index in [9.17, 15) is 10.1 Å². The summed E-state index contributed by atoms with van der Waals surface area (Å²) in [5, 5.41) is 12.9. The molecule has 0 atom stereocenters. The number of nitrogens with zero attached hydrogens (tertiary/aromatic N) is 3. The average molecular weight is 293 g/mol. The Labute approximate surface area is 122 Å². The summed E-state index contributed by atoms with van der Waals surface area (Å²) >= 11 is 1.31. The summed E-state index contributed by atoms with van der Waals surface area (Å²) in [4.78, 5) is 16.8. The highest BCUT2D eigenvalue weighted by Crippen LogP contribution is 2.38. The topological polar surface area (TPSA) is 85.4 Å². The Morgan fingerprint density at radius 2 is 2.10 bits per heavy atom. The van der Waals surface area contributed by atoms with Crippen molar-refractivity contribution in [2.75, 3.05) is 50.4 Å². The van der Waals surface area contributed by atoms with E-state index in [0.29, 0.717) is 22.7 Å². The van der Waals surface area contributed by atoms with Crippen LogP contribution in [0.2, 0.25) is 0 Å². The SMILES string of the molecule is CCNC(=O)c1sc(N2CCN(C)CC2)c(C#N)c1N. The molecule has 1 saturated heterocycles. The van der Waals surface area contributed by atoms with E-state index in [1.807, 2.05) is 6.92 Å². The Morgan fingerprint density at radius 1 is 1.45 bits per heavy atom. The van der Waals surface area contributed by atoms with Crippen LogP contribution in [0.15, 0.2) is 0 Å². The number of hydrogen-bond acceptors (Lipinski definition) is 6. The summed E-state index contributed by atoms with van der Waals surface area (Å²) < 4.78 is 0. The van der Waals surface area contributed by atoms with Crippen molar-refractivity contribution in [2.45, 2.75) is 6.92 Å². The van der Waals surface area contributed by atoms with Gasteiger partial charge in [0.05, 0.1) is 5.69 Å². The third kappa shape index (κ3) is 2.71. The monoisotopic (exact) mass is 293 g/mol. The van der Waals surface area contributed by atoms with Crippen LogP contribution in [0.25, 0.3) is 0 Å². The molecular formula is C13H19N5OS. The molecule has 1 aliphatic rings. The predicted octanol–water partition coefficient (Wildman–Crippen LogP) is 0.703. The number of nitriles is 1. The van der Waals surface area contributed by atoms with Crippen molar-refractivity contribution >= 4 is 27.9 Å². The summed E-state index contributed by atoms with van der Waals surface area (Å²) in [6.45, 7) is 5.98. The Bertz CT molecular complexity index is 540. The summed E-state index contributed by atoms with van der Waals surface area (Å²) in [5.74, 6) is -0.202. The lowest BCUT2D eigenvalue weighted by Crippen LogP contribution is -2.44. The van der Waals surface area contributed by atoms with Crippen molar-refractivity contribution in [3.05, 3.63) is 10.4 Å². The number of carbonyl (C=O) groups excluding carboxylic acids is 1. The molecule has 6 nitrogen and oxygen atoms in total. The van der Waals surface area contributed by atoms with E-state index in [4.69, 9.17) is 5.73 Å². The van der Waals surface area contributed by atoms with E-state index in [1.165, 1.54) is 11.3 Å². The molecule has 0 aromatic carbocycles. The number of nitrogen functional groups attached to an aromatic ring is 1. The number of piperazine rings is 1. The van der Waals surface area contributed by atoms with Gasteiger partial charge in [-0.15, -0.1) is 11.3 Å². The van der Waals surface area contributed by atoms with Crippen LogP contribution in [0, 0.1) is 11.3 Å². The zero-order valence-corrected chi connectivity index (χ0v) is 12.6. The summed E-state index contributed by atoms with van der Waals surface area (Å²) in [6.07, 6.45) is 0. The van der Waals surface area contributed by atoms with Gasteiger partial charge in [0.2, 0.25) is 0 Å². The number of thiophene rings is 1. The lowest BCUT2D eigenvalue weighted by molar-refractivity contribution is 0.0960. The van der Waals surface area contributed by atoms with Crippen molar-refractivity contribution < 1.29 is 4.79 Å². The number of hydrogen-bond donors (Lipinski definition) is 2. The molecule has 2 heterocycles. The first kappa shape index (κ1) is 14.6. The number of rotatable bonds is 3. The van der Waals surface area contributed by atoms with Crippen LogP contribution in [-0.4, -0.2) is 50.6 Å². The fraction of sp³-hybridized carbons (Fsp3) is 0.538. The third-order valence-electron chi connectivity index (χ3n) is 3.37. The highest BCUT2D eigenvalue weighted by molar-refractivity contribution is 7.19. The molecule has 1 aromatic heterocycles. The molecule has 108 valence electrons. The number of amides is 1. The molecule has 3 N–H and O–H groups in total. The highest BCUT2D eigenvalue weighted by atomic mass is 32.1. The molecule has 1 amide bonds. The molecule has 0 aliphatic carbocycles. The molecule has 1 aromatic rings. The largest absolute Gasteiger partial charge is 0.396 e. The minimum atomic E-state index is -0.202. The quantitative estimate of drug-likeness (QED) is 0.857. The van der Waals surface area contributed by atoms with E-state index in [-0.39, 0.29) is 5.91 Å². The maximum absolute atomic E-state index is 12.0. The molecule has 1 fully saturated rings. The lowest BCUT2D eigenvalue weighted by atomic mass is 10.2. The van der Waals surface area contributed by atoms with Crippen LogP contribution >= 0.6 is 11.3 Å². The minimum absolute atomic E-state index is 0.202. The van der Waals surface area contributed by atoms with Gasteiger partial charge in [-0.25, -0.2) is 0 Å². The van der Waals surface area contributed by atoms with Crippen molar-refractivity contribution in [1.29, 1.82) is 5.26 Å². The van der Waals surface area contributed by atoms with Gasteiger partial charge in [0.25, 0.3) is 5.91 Å². The van der Waals surface area contributed by atoms with Crippen molar-refractivity contribution in [3.63, 3.8) is 0 Å². The molecule has 0 radical (unpaired) electrons. The van der Waals surface area contributed by atoms with E-state index in [2.05, 4.69) is 28.2 Å². The molecule has 1 aliphatic heterocycles. The fourth-order valence-corrected chi connectivity index (χ4v) is 3.32. The van der Waals surface area contributed by atoms with Crippen LogP contribution in [0.5, 0.6) is 0 Å². The first-order valence-electron chi connectivity index (χ1n) is 6.62. The third-order valence-corrected chi connectivity index (χ3v) is 4.64. The molecular weight excluding hydrogens is 274 g/mol. The number of carbonyl (C=O) groups is 1. The first-order valence-corrected chi connectivity index (χ1v) is 7.44. The van der Waals surface area contributed by atoms with Gasteiger partial charge in [-0.3, -0.25) is 4.79 Å². The fourth-order valence-electron chi connectivity index (χ4n) is 2.18. The maximum Gasteiger partial charge on any atom is 0.263 e. The Balaban J connectivity index is 2.31. The van der Waals surface area contributed by atoms with Crippen LogP contribution < -0.4 is 16.0 Å². The predicted molar refractivity (Wildman–Crippen MR) is 81.2 cm³/mol. The van der Waals surface area contributed by atoms with Gasteiger partial charge in [0, 0.05) is 32.7 Å². The van der Waals surface area contributed by atoms with Crippen LogP contribution in [-0.2, 0) is 0 Å². The molecule has 0 bridgehead atoms. The van der Waals surface area contributed by atoms with E-state index in [1.54, 1.807) is 0 Å². The Hall–Kier alpha value is -1.78. The second-order valence-corrected chi connectivity index (χ2v) is 5.79. The van der Waals surface area contributed by atoms with Gasteiger partial charge in [-0.1, -0.05) is 0 Å². The Kier molecular flexibility index (Phi) is 4.47. The minimum Gasteiger partial charge on any atom is -0.396 e. The Morgan fingerprint density at radius 3 is 2.65 bits per heavy atom. The normalized spacial score (nSPS) is 15.9. The second kappa shape index (κ2) is 6.11. The molecule has 0 unspecified atom stereocenters. The number of nitrogens with one attached hydrogen (secondary N) is 1. The zero-order chi connectivity index (χ0) is 14.7. The van der Waals surface area contributed by atoms with Gasteiger partial charge >= 0.3 is 0 Å². The summed E-state index contributed by atoms with van der Waals surface area (Å²) in [7, 11) is 2.07. The van der Waals surface area contributed by atoms with E-state index in [0.717, 1.165) is 31.2 Å². The van der Waals surface area contributed by atoms with Gasteiger partial charge in [0.15, 0.2) is 0 Å². The van der Waals surface area contributed by atoms with Crippen molar-refractivity contribution in [2.24, 2.45) is 0 Å². The second-order valence-electron chi connectivity index (χ2n) is 4.79. The van der Waals surface area contributed by atoms with Crippen molar-refractivity contribution in [1.82, 2.24) is 10.2 Å². The molecule has 20 heavy (non-hydrogen) atoms. The smallest absolute Gasteiger partial charge is 0.263 e. The molecule has 0 spiro atoms. The number of anilines is 2. The van der Waals surface area contributed by atoms with Crippen LogP contribution in [0.1, 0.15) is 22.2 Å². The first-order chi connectivity index (χ1) is 9.58.